The van der Waals surface area contributed by atoms with Gasteiger partial charge in [0, 0.05) is 30.1 Å². The molecule has 0 fully saturated rings. The third-order valence-corrected chi connectivity index (χ3v) is 3.97. The Hall–Kier alpha value is -1.46. The minimum absolute atomic E-state index is 0.641. The summed E-state index contributed by atoms with van der Waals surface area (Å²) >= 11 is 1.68. The summed E-state index contributed by atoms with van der Waals surface area (Å²) in [6, 6.07) is 4.02. The fraction of sp³-hybridized carbons (Fsp3) is 0.467. The van der Waals surface area contributed by atoms with E-state index in [0.717, 1.165) is 31.6 Å². The van der Waals surface area contributed by atoms with Crippen molar-refractivity contribution >= 4 is 11.3 Å². The first-order valence-electron chi connectivity index (χ1n) is 6.97. The third-order valence-electron chi connectivity index (χ3n) is 2.98. The van der Waals surface area contributed by atoms with Crippen molar-refractivity contribution in [3.63, 3.8) is 0 Å². The highest BCUT2D eigenvalue weighted by Gasteiger charge is 2.03. The van der Waals surface area contributed by atoms with Gasteiger partial charge in [-0.2, -0.15) is 0 Å². The Kier molecular flexibility index (Phi) is 5.95. The van der Waals surface area contributed by atoms with Gasteiger partial charge in [0.1, 0.15) is 0 Å². The number of hydrogen-bond donors (Lipinski definition) is 1. The smallest absolute Gasteiger partial charge is 0.213 e. The van der Waals surface area contributed by atoms with Gasteiger partial charge in [-0.1, -0.05) is 6.92 Å². The molecule has 5 heteroatoms. The maximum Gasteiger partial charge on any atom is 0.213 e. The summed E-state index contributed by atoms with van der Waals surface area (Å²) in [5.41, 5.74) is 4.18. The van der Waals surface area contributed by atoms with Gasteiger partial charge < -0.3 is 10.1 Å². The summed E-state index contributed by atoms with van der Waals surface area (Å²) in [5, 5.41) is 3.37. The molecule has 0 aliphatic carbocycles. The quantitative estimate of drug-likeness (QED) is 0.760. The van der Waals surface area contributed by atoms with Gasteiger partial charge in [-0.25, -0.2) is 9.97 Å². The molecule has 2 rings (SSSR count). The Morgan fingerprint density at radius 2 is 2.25 bits per heavy atom. The Labute approximate surface area is 124 Å². The van der Waals surface area contributed by atoms with E-state index in [2.05, 4.69) is 22.2 Å². The average Bonchev–Trinajstić information content (AvgIpc) is 2.85. The van der Waals surface area contributed by atoms with Gasteiger partial charge in [0.15, 0.2) is 0 Å². The molecular weight excluding hydrogens is 270 g/mol. The summed E-state index contributed by atoms with van der Waals surface area (Å²) in [5.74, 6) is 0.697. The van der Waals surface area contributed by atoms with Crippen molar-refractivity contribution in [2.24, 2.45) is 0 Å². The van der Waals surface area contributed by atoms with Crippen molar-refractivity contribution in [3.05, 3.63) is 40.0 Å². The lowest BCUT2D eigenvalue weighted by atomic mass is 10.2. The van der Waals surface area contributed by atoms with Crippen LogP contribution in [0.1, 0.15) is 29.5 Å². The summed E-state index contributed by atoms with van der Waals surface area (Å²) in [6.45, 7) is 6.73. The van der Waals surface area contributed by atoms with E-state index in [1.165, 1.54) is 10.4 Å². The Balaban J connectivity index is 1.80. The summed E-state index contributed by atoms with van der Waals surface area (Å²) in [7, 11) is 0. The third kappa shape index (κ3) is 4.58. The number of pyridine rings is 1. The van der Waals surface area contributed by atoms with Crippen molar-refractivity contribution in [1.82, 2.24) is 15.3 Å². The lowest BCUT2D eigenvalue weighted by molar-refractivity contribution is 0.310. The predicted octanol–water partition coefficient (Wildman–Crippen LogP) is 2.97. The molecule has 2 aromatic heterocycles. The predicted molar refractivity (Wildman–Crippen MR) is 82.3 cm³/mol. The highest BCUT2D eigenvalue weighted by atomic mass is 32.1. The number of aryl methyl sites for hydroxylation is 1. The molecule has 0 saturated heterocycles. The number of rotatable bonds is 8. The van der Waals surface area contributed by atoms with E-state index in [1.54, 1.807) is 17.5 Å². The molecule has 0 bridgehead atoms. The van der Waals surface area contributed by atoms with E-state index in [1.807, 2.05) is 24.6 Å². The molecule has 0 aliphatic rings. The standard InChI is InChI=1S/C15H21N3OS/c1-3-6-16-10-13-4-7-17-15(9-13)19-8-5-14-12(2)18-11-20-14/h4,7,9,11,16H,3,5-6,8,10H2,1-2H3. The van der Waals surface area contributed by atoms with E-state index in [0.29, 0.717) is 12.5 Å². The molecule has 0 amide bonds. The highest BCUT2D eigenvalue weighted by molar-refractivity contribution is 7.09. The first-order chi connectivity index (χ1) is 9.79. The second-order valence-electron chi connectivity index (χ2n) is 4.64. The molecule has 0 spiro atoms. The van der Waals surface area contributed by atoms with Crippen LogP contribution < -0.4 is 10.1 Å². The van der Waals surface area contributed by atoms with Gasteiger partial charge in [0.25, 0.3) is 0 Å². The first kappa shape index (κ1) is 14.9. The van der Waals surface area contributed by atoms with Crippen molar-refractivity contribution in [2.45, 2.75) is 33.2 Å². The van der Waals surface area contributed by atoms with Gasteiger partial charge >= 0.3 is 0 Å². The van der Waals surface area contributed by atoms with Crippen LogP contribution in [-0.4, -0.2) is 23.1 Å². The Bertz CT molecular complexity index is 527. The van der Waals surface area contributed by atoms with Gasteiger partial charge in [-0.05, 0) is 31.5 Å². The summed E-state index contributed by atoms with van der Waals surface area (Å²) in [6.07, 6.45) is 3.83. The molecule has 108 valence electrons. The van der Waals surface area contributed by atoms with E-state index < -0.39 is 0 Å². The van der Waals surface area contributed by atoms with Gasteiger partial charge in [0.05, 0.1) is 17.8 Å². The largest absolute Gasteiger partial charge is 0.477 e. The SMILES string of the molecule is CCCNCc1ccnc(OCCc2scnc2C)c1. The zero-order valence-corrected chi connectivity index (χ0v) is 12.9. The monoisotopic (exact) mass is 291 g/mol. The number of nitrogens with one attached hydrogen (secondary N) is 1. The molecule has 0 aromatic carbocycles. The second kappa shape index (κ2) is 7.97. The van der Waals surface area contributed by atoms with Crippen molar-refractivity contribution in [2.75, 3.05) is 13.2 Å². The zero-order chi connectivity index (χ0) is 14.2. The minimum atomic E-state index is 0.641. The van der Waals surface area contributed by atoms with Crippen molar-refractivity contribution in [3.8, 4) is 5.88 Å². The van der Waals surface area contributed by atoms with Crippen LogP contribution in [0.5, 0.6) is 5.88 Å². The first-order valence-corrected chi connectivity index (χ1v) is 7.85. The number of hydrogen-bond acceptors (Lipinski definition) is 5. The zero-order valence-electron chi connectivity index (χ0n) is 12.1. The number of ether oxygens (including phenoxy) is 1. The van der Waals surface area contributed by atoms with Crippen LogP contribution in [-0.2, 0) is 13.0 Å². The van der Waals surface area contributed by atoms with E-state index in [4.69, 9.17) is 4.74 Å². The lowest BCUT2D eigenvalue weighted by Crippen LogP contribution is -2.14. The van der Waals surface area contributed by atoms with Crippen LogP contribution in [0.15, 0.2) is 23.8 Å². The molecule has 0 saturated carbocycles. The van der Waals surface area contributed by atoms with Crippen LogP contribution in [0.3, 0.4) is 0 Å². The van der Waals surface area contributed by atoms with Crippen LogP contribution in [0.4, 0.5) is 0 Å². The molecule has 0 radical (unpaired) electrons. The molecule has 1 N–H and O–H groups in total. The minimum Gasteiger partial charge on any atom is -0.477 e. The molecule has 0 unspecified atom stereocenters. The highest BCUT2D eigenvalue weighted by Crippen LogP contribution is 2.14. The molecule has 4 nitrogen and oxygen atoms in total. The van der Waals surface area contributed by atoms with Gasteiger partial charge in [0.2, 0.25) is 5.88 Å². The molecule has 0 aliphatic heterocycles. The topological polar surface area (TPSA) is 47.0 Å². The molecule has 2 aromatic rings. The van der Waals surface area contributed by atoms with Crippen LogP contribution in [0.2, 0.25) is 0 Å². The Morgan fingerprint density at radius 3 is 3.00 bits per heavy atom. The molecule has 20 heavy (non-hydrogen) atoms. The number of thiazole rings is 1. The Morgan fingerprint density at radius 1 is 1.35 bits per heavy atom. The van der Waals surface area contributed by atoms with Crippen LogP contribution >= 0.6 is 11.3 Å². The lowest BCUT2D eigenvalue weighted by Gasteiger charge is -2.07. The maximum atomic E-state index is 5.72. The fourth-order valence-corrected chi connectivity index (χ4v) is 2.63. The van der Waals surface area contributed by atoms with E-state index in [-0.39, 0.29) is 0 Å². The van der Waals surface area contributed by atoms with Gasteiger partial charge in [-0.3, -0.25) is 0 Å². The van der Waals surface area contributed by atoms with Crippen LogP contribution in [0.25, 0.3) is 0 Å². The number of nitrogens with zero attached hydrogens (tertiary/aromatic N) is 2. The summed E-state index contributed by atoms with van der Waals surface area (Å²) in [4.78, 5) is 9.77. The fourth-order valence-electron chi connectivity index (χ4n) is 1.86. The average molecular weight is 291 g/mol. The van der Waals surface area contributed by atoms with E-state index >= 15 is 0 Å². The molecular formula is C15H21N3OS. The molecule has 0 atom stereocenters. The van der Waals surface area contributed by atoms with E-state index in [9.17, 15) is 0 Å². The maximum absolute atomic E-state index is 5.72. The van der Waals surface area contributed by atoms with Crippen molar-refractivity contribution < 1.29 is 4.74 Å². The normalized spacial score (nSPS) is 10.7. The second-order valence-corrected chi connectivity index (χ2v) is 5.58. The van der Waals surface area contributed by atoms with Crippen LogP contribution in [0, 0.1) is 6.92 Å². The molecule has 2 heterocycles. The summed E-state index contributed by atoms with van der Waals surface area (Å²) < 4.78 is 5.72. The van der Waals surface area contributed by atoms with Gasteiger partial charge in [-0.15, -0.1) is 11.3 Å². The number of aromatic nitrogens is 2. The van der Waals surface area contributed by atoms with Crippen molar-refractivity contribution in [1.29, 1.82) is 0 Å².